The van der Waals surface area contributed by atoms with Gasteiger partial charge in [-0.15, -0.1) is 0 Å². The minimum absolute atomic E-state index is 0.259. The SMILES string of the molecule is CC(O)(CO)CNCc1cncnc1. The molecular weight excluding hydrogens is 182 g/mol. The van der Waals surface area contributed by atoms with Gasteiger partial charge in [-0.2, -0.15) is 0 Å². The van der Waals surface area contributed by atoms with Gasteiger partial charge >= 0.3 is 0 Å². The second kappa shape index (κ2) is 4.99. The van der Waals surface area contributed by atoms with Crippen LogP contribution in [0.3, 0.4) is 0 Å². The number of hydrogen-bond acceptors (Lipinski definition) is 5. The van der Waals surface area contributed by atoms with Gasteiger partial charge < -0.3 is 15.5 Å². The zero-order valence-electron chi connectivity index (χ0n) is 8.14. The van der Waals surface area contributed by atoms with Crippen molar-refractivity contribution in [1.82, 2.24) is 15.3 Å². The summed E-state index contributed by atoms with van der Waals surface area (Å²) >= 11 is 0. The minimum atomic E-state index is -1.07. The molecule has 5 heteroatoms. The van der Waals surface area contributed by atoms with E-state index < -0.39 is 5.60 Å². The summed E-state index contributed by atoms with van der Waals surface area (Å²) < 4.78 is 0. The number of rotatable bonds is 5. The van der Waals surface area contributed by atoms with Gasteiger partial charge in [0.25, 0.3) is 0 Å². The molecule has 78 valence electrons. The summed E-state index contributed by atoms with van der Waals surface area (Å²) in [5, 5.41) is 21.2. The molecule has 3 N–H and O–H groups in total. The van der Waals surface area contributed by atoms with Crippen molar-refractivity contribution in [2.24, 2.45) is 0 Å². The molecule has 0 spiro atoms. The van der Waals surface area contributed by atoms with Crippen LogP contribution in [0.2, 0.25) is 0 Å². The fourth-order valence-corrected chi connectivity index (χ4v) is 0.953. The molecule has 1 aromatic rings. The van der Waals surface area contributed by atoms with E-state index in [1.54, 1.807) is 19.3 Å². The van der Waals surface area contributed by atoms with E-state index in [0.29, 0.717) is 13.1 Å². The van der Waals surface area contributed by atoms with Crippen LogP contribution in [0.1, 0.15) is 12.5 Å². The van der Waals surface area contributed by atoms with Crippen LogP contribution in [0, 0.1) is 0 Å². The van der Waals surface area contributed by atoms with Gasteiger partial charge in [-0.3, -0.25) is 0 Å². The summed E-state index contributed by atoms with van der Waals surface area (Å²) in [6.45, 7) is 2.22. The maximum atomic E-state index is 9.46. The first-order valence-corrected chi connectivity index (χ1v) is 4.42. The van der Waals surface area contributed by atoms with Crippen molar-refractivity contribution in [1.29, 1.82) is 0 Å². The Morgan fingerprint density at radius 1 is 1.43 bits per heavy atom. The van der Waals surface area contributed by atoms with Crippen LogP contribution in [-0.4, -0.2) is 38.9 Å². The van der Waals surface area contributed by atoms with Crippen LogP contribution in [0.25, 0.3) is 0 Å². The van der Waals surface area contributed by atoms with Gasteiger partial charge in [0.2, 0.25) is 0 Å². The quantitative estimate of drug-likeness (QED) is 0.582. The lowest BCUT2D eigenvalue weighted by molar-refractivity contribution is 0.00253. The van der Waals surface area contributed by atoms with E-state index in [1.807, 2.05) is 0 Å². The van der Waals surface area contributed by atoms with Crippen LogP contribution >= 0.6 is 0 Å². The average Bonchev–Trinajstić information content (AvgIpc) is 2.19. The summed E-state index contributed by atoms with van der Waals surface area (Å²) in [4.78, 5) is 7.71. The van der Waals surface area contributed by atoms with E-state index >= 15 is 0 Å². The summed E-state index contributed by atoms with van der Waals surface area (Å²) in [7, 11) is 0. The molecule has 1 heterocycles. The highest BCUT2D eigenvalue weighted by Gasteiger charge is 2.17. The average molecular weight is 197 g/mol. The van der Waals surface area contributed by atoms with E-state index in [0.717, 1.165) is 5.56 Å². The summed E-state index contributed by atoms with van der Waals surface area (Å²) in [5.41, 5.74) is -0.128. The van der Waals surface area contributed by atoms with Gasteiger partial charge in [-0.25, -0.2) is 9.97 Å². The Balaban J connectivity index is 2.29. The molecule has 0 aromatic carbocycles. The number of aromatic nitrogens is 2. The number of aliphatic hydroxyl groups is 2. The lowest BCUT2D eigenvalue weighted by Gasteiger charge is -2.20. The summed E-state index contributed by atoms with van der Waals surface area (Å²) in [6.07, 6.45) is 4.87. The van der Waals surface area contributed by atoms with E-state index in [4.69, 9.17) is 5.11 Å². The third kappa shape index (κ3) is 3.78. The first-order valence-electron chi connectivity index (χ1n) is 4.42. The number of aliphatic hydroxyl groups excluding tert-OH is 1. The molecule has 1 atom stereocenters. The van der Waals surface area contributed by atoms with Gasteiger partial charge in [-0.1, -0.05) is 0 Å². The van der Waals surface area contributed by atoms with E-state index in [2.05, 4.69) is 15.3 Å². The van der Waals surface area contributed by atoms with Gasteiger partial charge in [0.15, 0.2) is 0 Å². The Morgan fingerprint density at radius 3 is 2.64 bits per heavy atom. The first kappa shape index (κ1) is 11.0. The molecule has 0 aliphatic heterocycles. The third-order valence-electron chi connectivity index (χ3n) is 1.79. The lowest BCUT2D eigenvalue weighted by Crippen LogP contribution is -2.40. The van der Waals surface area contributed by atoms with Gasteiger partial charge in [-0.05, 0) is 6.92 Å². The molecule has 0 radical (unpaired) electrons. The third-order valence-corrected chi connectivity index (χ3v) is 1.79. The number of nitrogens with zero attached hydrogens (tertiary/aromatic N) is 2. The molecule has 0 aliphatic carbocycles. The van der Waals surface area contributed by atoms with E-state index in [9.17, 15) is 5.11 Å². The Labute approximate surface area is 82.8 Å². The fraction of sp³-hybridized carbons (Fsp3) is 0.556. The Hall–Kier alpha value is -1.04. The first-order chi connectivity index (χ1) is 6.64. The van der Waals surface area contributed by atoms with Crippen LogP contribution in [0.15, 0.2) is 18.7 Å². The second-order valence-corrected chi connectivity index (χ2v) is 3.51. The van der Waals surface area contributed by atoms with Crippen molar-refractivity contribution >= 4 is 0 Å². The number of nitrogens with one attached hydrogen (secondary N) is 1. The fourth-order valence-electron chi connectivity index (χ4n) is 0.953. The maximum Gasteiger partial charge on any atom is 0.115 e. The summed E-state index contributed by atoms with van der Waals surface area (Å²) in [6, 6.07) is 0. The molecule has 5 nitrogen and oxygen atoms in total. The normalized spacial score (nSPS) is 15.1. The molecule has 14 heavy (non-hydrogen) atoms. The highest BCUT2D eigenvalue weighted by atomic mass is 16.3. The second-order valence-electron chi connectivity index (χ2n) is 3.51. The van der Waals surface area contributed by atoms with Crippen molar-refractivity contribution in [2.45, 2.75) is 19.1 Å². The minimum Gasteiger partial charge on any atom is -0.393 e. The lowest BCUT2D eigenvalue weighted by atomic mass is 10.1. The standard InChI is InChI=1S/C9H15N3O2/c1-9(14,6-13)5-10-2-8-3-11-7-12-4-8/h3-4,7,10,13-14H,2,5-6H2,1H3. The number of hydrogen-bond donors (Lipinski definition) is 3. The highest BCUT2D eigenvalue weighted by Crippen LogP contribution is 1.99. The molecule has 0 bridgehead atoms. The van der Waals surface area contributed by atoms with Crippen molar-refractivity contribution in [2.75, 3.05) is 13.2 Å². The Morgan fingerprint density at radius 2 is 2.07 bits per heavy atom. The topological polar surface area (TPSA) is 78.3 Å². The molecule has 1 aromatic heterocycles. The van der Waals surface area contributed by atoms with Gasteiger partial charge in [0.1, 0.15) is 6.33 Å². The van der Waals surface area contributed by atoms with Gasteiger partial charge in [0, 0.05) is 31.0 Å². The maximum absolute atomic E-state index is 9.46. The summed E-state index contributed by atoms with van der Waals surface area (Å²) in [5.74, 6) is 0. The molecule has 0 fully saturated rings. The molecule has 1 unspecified atom stereocenters. The van der Waals surface area contributed by atoms with Crippen LogP contribution in [0.4, 0.5) is 0 Å². The molecule has 1 rings (SSSR count). The Kier molecular flexibility index (Phi) is 3.94. The molecule has 0 aliphatic rings. The van der Waals surface area contributed by atoms with E-state index in [1.165, 1.54) is 6.33 Å². The molecule has 0 amide bonds. The van der Waals surface area contributed by atoms with Crippen molar-refractivity contribution in [3.63, 3.8) is 0 Å². The van der Waals surface area contributed by atoms with Crippen LogP contribution in [-0.2, 0) is 6.54 Å². The zero-order chi connectivity index (χ0) is 10.4. The smallest absolute Gasteiger partial charge is 0.115 e. The van der Waals surface area contributed by atoms with Crippen molar-refractivity contribution in [3.05, 3.63) is 24.3 Å². The van der Waals surface area contributed by atoms with Crippen molar-refractivity contribution < 1.29 is 10.2 Å². The molecule has 0 saturated heterocycles. The van der Waals surface area contributed by atoms with E-state index in [-0.39, 0.29) is 6.61 Å². The van der Waals surface area contributed by atoms with Crippen molar-refractivity contribution in [3.8, 4) is 0 Å². The van der Waals surface area contributed by atoms with Crippen LogP contribution < -0.4 is 5.32 Å². The van der Waals surface area contributed by atoms with Crippen LogP contribution in [0.5, 0.6) is 0 Å². The monoisotopic (exact) mass is 197 g/mol. The molecular formula is C9H15N3O2. The predicted molar refractivity (Wildman–Crippen MR) is 51.4 cm³/mol. The zero-order valence-corrected chi connectivity index (χ0v) is 8.14. The molecule has 0 saturated carbocycles. The largest absolute Gasteiger partial charge is 0.393 e. The predicted octanol–water partition coefficient (Wildman–Crippen LogP) is -0.691. The van der Waals surface area contributed by atoms with Gasteiger partial charge in [0.05, 0.1) is 12.2 Å². The Bertz CT molecular complexity index is 264. The highest BCUT2D eigenvalue weighted by molar-refractivity contribution is 5.01.